The Morgan fingerprint density at radius 2 is 1.76 bits per heavy atom. The van der Waals surface area contributed by atoms with Crippen molar-refractivity contribution in [1.29, 1.82) is 0 Å². The van der Waals surface area contributed by atoms with Crippen LogP contribution in [-0.4, -0.2) is 20.5 Å². The molecule has 4 aromatic rings. The lowest BCUT2D eigenvalue weighted by Gasteiger charge is -2.05. The molecule has 0 bridgehead atoms. The van der Waals surface area contributed by atoms with E-state index in [1.807, 2.05) is 0 Å². The molecule has 2 aromatic carbocycles. The van der Waals surface area contributed by atoms with Crippen molar-refractivity contribution in [3.8, 4) is 0 Å². The third kappa shape index (κ3) is 2.31. The van der Waals surface area contributed by atoms with E-state index in [1.165, 1.54) is 18.2 Å². The Labute approximate surface area is 138 Å². The normalized spacial score (nSPS) is 11.1. The van der Waals surface area contributed by atoms with Gasteiger partial charge in [0, 0.05) is 0 Å². The molecule has 7 nitrogen and oxygen atoms in total. The summed E-state index contributed by atoms with van der Waals surface area (Å²) >= 11 is 0. The van der Waals surface area contributed by atoms with Crippen molar-refractivity contribution in [1.82, 2.24) is 14.6 Å². The van der Waals surface area contributed by atoms with E-state index in [2.05, 4.69) is 15.4 Å². The minimum Gasteiger partial charge on any atom is -0.338 e. The highest BCUT2D eigenvalue weighted by Crippen LogP contribution is 2.15. The molecule has 0 aliphatic heterocycles. The zero-order chi connectivity index (χ0) is 17.6. The second-order valence-corrected chi connectivity index (χ2v) is 5.41. The molecule has 0 aliphatic rings. The van der Waals surface area contributed by atoms with Crippen molar-refractivity contribution in [2.45, 2.75) is 0 Å². The third-order valence-electron chi connectivity index (χ3n) is 3.87. The van der Waals surface area contributed by atoms with Crippen molar-refractivity contribution in [2.24, 2.45) is 0 Å². The van der Waals surface area contributed by atoms with Gasteiger partial charge in [-0.05, 0) is 24.3 Å². The largest absolute Gasteiger partial charge is 0.338 e. The summed E-state index contributed by atoms with van der Waals surface area (Å²) in [6, 6.07) is 12.1. The summed E-state index contributed by atoms with van der Waals surface area (Å²) in [7, 11) is 0. The first-order valence-corrected chi connectivity index (χ1v) is 7.38. The van der Waals surface area contributed by atoms with Gasteiger partial charge in [-0.25, -0.2) is 4.39 Å². The summed E-state index contributed by atoms with van der Waals surface area (Å²) < 4.78 is 14.8. The number of fused-ring (bicyclic) bond motifs is 2. The maximum absolute atomic E-state index is 13.7. The van der Waals surface area contributed by atoms with E-state index in [0.717, 1.165) is 10.6 Å². The van der Waals surface area contributed by atoms with Crippen molar-refractivity contribution >= 4 is 28.1 Å². The van der Waals surface area contributed by atoms with Crippen molar-refractivity contribution in [3.63, 3.8) is 0 Å². The van der Waals surface area contributed by atoms with E-state index in [4.69, 9.17) is 0 Å². The monoisotopic (exact) mass is 338 g/mol. The van der Waals surface area contributed by atoms with Gasteiger partial charge in [-0.2, -0.15) is 4.52 Å². The first kappa shape index (κ1) is 14.9. The van der Waals surface area contributed by atoms with Crippen LogP contribution in [0.4, 0.5) is 10.1 Å². The fourth-order valence-electron chi connectivity index (χ4n) is 2.67. The molecule has 25 heavy (non-hydrogen) atoms. The lowest BCUT2D eigenvalue weighted by molar-refractivity contribution is 0.102. The summed E-state index contributed by atoms with van der Waals surface area (Å²) in [6.07, 6.45) is 0. The molecule has 3 N–H and O–H groups in total. The van der Waals surface area contributed by atoms with Gasteiger partial charge in [-0.3, -0.25) is 19.5 Å². The molecule has 0 fully saturated rings. The van der Waals surface area contributed by atoms with Crippen molar-refractivity contribution in [3.05, 3.63) is 80.6 Å². The summed E-state index contributed by atoms with van der Waals surface area (Å²) in [5, 5.41) is 5.12. The zero-order valence-electron chi connectivity index (χ0n) is 12.7. The Morgan fingerprint density at radius 1 is 1.04 bits per heavy atom. The Kier molecular flexibility index (Phi) is 3.24. The van der Waals surface area contributed by atoms with Gasteiger partial charge in [-0.1, -0.05) is 24.3 Å². The predicted molar refractivity (Wildman–Crippen MR) is 90.5 cm³/mol. The van der Waals surface area contributed by atoms with Crippen LogP contribution in [0, 0.1) is 5.82 Å². The van der Waals surface area contributed by atoms with Crippen molar-refractivity contribution in [2.75, 3.05) is 5.32 Å². The van der Waals surface area contributed by atoms with E-state index in [1.54, 1.807) is 24.3 Å². The quantitative estimate of drug-likeness (QED) is 0.520. The maximum atomic E-state index is 13.7. The number of rotatable bonds is 2. The van der Waals surface area contributed by atoms with Gasteiger partial charge in [-0.15, -0.1) is 0 Å². The highest BCUT2D eigenvalue weighted by Gasteiger charge is 2.18. The molecule has 4 rings (SSSR count). The average molecular weight is 338 g/mol. The molecular formula is C17H11FN4O3. The van der Waals surface area contributed by atoms with Crippen LogP contribution in [0.25, 0.3) is 16.6 Å². The lowest BCUT2D eigenvalue weighted by Crippen LogP contribution is -2.18. The summed E-state index contributed by atoms with van der Waals surface area (Å²) in [5.41, 5.74) is -0.868. The highest BCUT2D eigenvalue weighted by molar-refractivity contribution is 6.06. The molecule has 0 saturated heterocycles. The van der Waals surface area contributed by atoms with Crippen LogP contribution in [0.5, 0.6) is 0 Å². The molecule has 0 spiro atoms. The number of benzene rings is 2. The van der Waals surface area contributed by atoms with Crippen LogP contribution < -0.4 is 16.4 Å². The standard InChI is InChI=1S/C17H11FN4O3/c18-11-7-3-1-5-9(11)15(23)20-13-14-19-12-8-4-2-6-10(12)17(25)22(14)21-16(13)24/h1-8,19H,(H,20,23)(H,21,24). The summed E-state index contributed by atoms with van der Waals surface area (Å²) in [4.78, 5) is 39.8. The minimum atomic E-state index is -0.786. The topological polar surface area (TPSA) is 99.2 Å². The van der Waals surface area contributed by atoms with E-state index in [9.17, 15) is 18.8 Å². The first-order valence-electron chi connectivity index (χ1n) is 7.38. The number of halogens is 1. The van der Waals surface area contributed by atoms with Crippen molar-refractivity contribution < 1.29 is 9.18 Å². The van der Waals surface area contributed by atoms with E-state index in [-0.39, 0.29) is 16.9 Å². The number of hydrogen-bond donors (Lipinski definition) is 3. The summed E-state index contributed by atoms with van der Waals surface area (Å²) in [6.45, 7) is 0. The second kappa shape index (κ2) is 5.45. The third-order valence-corrected chi connectivity index (χ3v) is 3.87. The van der Waals surface area contributed by atoms with Crippen LogP contribution in [-0.2, 0) is 0 Å². The van der Waals surface area contributed by atoms with Crippen LogP contribution in [0.2, 0.25) is 0 Å². The molecule has 0 saturated carbocycles. The maximum Gasteiger partial charge on any atom is 0.290 e. The fraction of sp³-hybridized carbons (Fsp3) is 0. The molecule has 1 amide bonds. The first-order chi connectivity index (χ1) is 12.1. The average Bonchev–Trinajstić information content (AvgIpc) is 2.92. The van der Waals surface area contributed by atoms with E-state index < -0.39 is 22.8 Å². The van der Waals surface area contributed by atoms with Gasteiger partial charge in [0.1, 0.15) is 5.82 Å². The Bertz CT molecular complexity index is 1250. The molecule has 0 atom stereocenters. The van der Waals surface area contributed by atoms with Crippen LogP contribution >= 0.6 is 0 Å². The minimum absolute atomic E-state index is 0.0957. The number of aromatic nitrogens is 3. The number of nitrogens with one attached hydrogen (secondary N) is 3. The number of aromatic amines is 2. The van der Waals surface area contributed by atoms with E-state index >= 15 is 0 Å². The fourth-order valence-corrected chi connectivity index (χ4v) is 2.67. The van der Waals surface area contributed by atoms with Crippen LogP contribution in [0.15, 0.2) is 58.1 Å². The van der Waals surface area contributed by atoms with Gasteiger partial charge in [0.15, 0.2) is 11.3 Å². The number of hydrogen-bond acceptors (Lipinski definition) is 3. The van der Waals surface area contributed by atoms with Gasteiger partial charge in [0.25, 0.3) is 17.0 Å². The Hall–Kier alpha value is -3.68. The SMILES string of the molecule is O=C(Nc1c(=O)[nH]n2c(=O)c3ccccc3[nH]c12)c1ccccc1F. The molecule has 0 radical (unpaired) electrons. The predicted octanol–water partition coefficient (Wildman–Crippen LogP) is 1.86. The number of amides is 1. The number of carbonyl (C=O) groups excluding carboxylic acids is 1. The van der Waals surface area contributed by atoms with E-state index in [0.29, 0.717) is 10.9 Å². The van der Waals surface area contributed by atoms with Gasteiger partial charge < -0.3 is 10.3 Å². The molecule has 0 unspecified atom stereocenters. The van der Waals surface area contributed by atoms with Gasteiger partial charge in [0.05, 0.1) is 16.5 Å². The molecular weight excluding hydrogens is 327 g/mol. The van der Waals surface area contributed by atoms with Gasteiger partial charge >= 0.3 is 0 Å². The van der Waals surface area contributed by atoms with Crippen LogP contribution in [0.1, 0.15) is 10.4 Å². The molecule has 0 aliphatic carbocycles. The summed E-state index contributed by atoms with van der Waals surface area (Å²) in [5.74, 6) is -1.50. The van der Waals surface area contributed by atoms with Gasteiger partial charge in [0.2, 0.25) is 0 Å². The Morgan fingerprint density at radius 3 is 2.56 bits per heavy atom. The second-order valence-electron chi connectivity index (χ2n) is 5.41. The smallest absolute Gasteiger partial charge is 0.290 e. The molecule has 8 heteroatoms. The highest BCUT2D eigenvalue weighted by atomic mass is 19.1. The molecule has 2 aromatic heterocycles. The number of carbonyl (C=O) groups is 1. The number of nitrogens with zero attached hydrogens (tertiary/aromatic N) is 1. The van der Waals surface area contributed by atoms with Crippen LogP contribution in [0.3, 0.4) is 0 Å². The number of para-hydroxylation sites is 1. The lowest BCUT2D eigenvalue weighted by atomic mass is 10.2. The Balaban J connectivity index is 1.89. The molecule has 2 heterocycles. The zero-order valence-corrected chi connectivity index (χ0v) is 12.7. The number of anilines is 1. The molecule has 124 valence electrons. The number of H-pyrrole nitrogens is 2.